The van der Waals surface area contributed by atoms with Gasteiger partial charge in [0.05, 0.1) is 32.8 Å². The van der Waals surface area contributed by atoms with E-state index in [0.717, 1.165) is 27.8 Å². The first kappa shape index (κ1) is 24.1. The average Bonchev–Trinajstić information content (AvgIpc) is 3.49. The topological polar surface area (TPSA) is 87.0 Å². The van der Waals surface area contributed by atoms with E-state index in [2.05, 4.69) is 5.32 Å². The van der Waals surface area contributed by atoms with Gasteiger partial charge in [0.2, 0.25) is 5.91 Å². The summed E-state index contributed by atoms with van der Waals surface area (Å²) in [4.78, 5) is 25.1. The van der Waals surface area contributed by atoms with Crippen molar-refractivity contribution in [1.82, 2.24) is 0 Å². The summed E-state index contributed by atoms with van der Waals surface area (Å²) >= 11 is 1.20. The van der Waals surface area contributed by atoms with Crippen LogP contribution in [0.15, 0.2) is 64.6 Å². The summed E-state index contributed by atoms with van der Waals surface area (Å²) in [6.45, 7) is 4.18. The van der Waals surface area contributed by atoms with Crippen molar-refractivity contribution in [2.75, 3.05) is 26.1 Å². The second-order valence-corrected chi connectivity index (χ2v) is 8.51. The number of para-hydroxylation sites is 1. The quantitative estimate of drug-likeness (QED) is 0.227. The zero-order valence-corrected chi connectivity index (χ0v) is 20.7. The van der Waals surface area contributed by atoms with E-state index < -0.39 is 5.97 Å². The number of hydrogen-bond donors (Lipinski definition) is 1. The normalized spacial score (nSPS) is 11.4. The molecule has 0 radical (unpaired) electrons. The molecule has 35 heavy (non-hydrogen) atoms. The third kappa shape index (κ3) is 4.93. The molecule has 0 spiro atoms. The Morgan fingerprint density at radius 1 is 1.09 bits per heavy atom. The fourth-order valence-electron chi connectivity index (χ4n) is 3.82. The third-order valence-electron chi connectivity index (χ3n) is 5.44. The van der Waals surface area contributed by atoms with E-state index in [1.807, 2.05) is 50.2 Å². The summed E-state index contributed by atoms with van der Waals surface area (Å²) in [7, 11) is 2.93. The van der Waals surface area contributed by atoms with Crippen molar-refractivity contribution in [3.8, 4) is 22.6 Å². The van der Waals surface area contributed by atoms with Gasteiger partial charge in [-0.25, -0.2) is 4.79 Å². The molecule has 2 aromatic heterocycles. The van der Waals surface area contributed by atoms with E-state index in [-0.39, 0.29) is 5.91 Å². The molecule has 0 aliphatic heterocycles. The molecule has 1 amide bonds. The van der Waals surface area contributed by atoms with Crippen molar-refractivity contribution in [3.63, 3.8) is 0 Å². The number of furan rings is 1. The SMILES string of the molecule is CCOc1cc2occ(-c3ccccc3OC)c2cc1/C(C)=C/C(=O)Nc1ccsc1C(=O)OC. The Morgan fingerprint density at radius 2 is 1.89 bits per heavy atom. The number of allylic oxidation sites excluding steroid dienone is 1. The number of rotatable bonds is 8. The molecule has 2 heterocycles. The lowest BCUT2D eigenvalue weighted by Gasteiger charge is -2.12. The Hall–Kier alpha value is -4.04. The maximum atomic E-state index is 12.8. The van der Waals surface area contributed by atoms with Crippen molar-refractivity contribution in [2.45, 2.75) is 13.8 Å². The number of ether oxygens (including phenoxy) is 3. The van der Waals surface area contributed by atoms with Gasteiger partial charge in [0, 0.05) is 34.2 Å². The van der Waals surface area contributed by atoms with Crippen LogP contribution in [0.2, 0.25) is 0 Å². The van der Waals surface area contributed by atoms with Crippen LogP contribution < -0.4 is 14.8 Å². The van der Waals surface area contributed by atoms with Crippen LogP contribution in [0.3, 0.4) is 0 Å². The molecule has 0 atom stereocenters. The highest BCUT2D eigenvalue weighted by Crippen LogP contribution is 2.40. The van der Waals surface area contributed by atoms with Crippen molar-refractivity contribution < 1.29 is 28.2 Å². The summed E-state index contributed by atoms with van der Waals surface area (Å²) < 4.78 is 22.0. The number of benzene rings is 2. The molecule has 7 nitrogen and oxygen atoms in total. The molecule has 0 saturated heterocycles. The van der Waals surface area contributed by atoms with Crippen molar-refractivity contribution in [2.24, 2.45) is 0 Å². The molecule has 0 aliphatic rings. The predicted octanol–water partition coefficient (Wildman–Crippen LogP) is 6.40. The van der Waals surface area contributed by atoms with Gasteiger partial charge in [-0.3, -0.25) is 4.79 Å². The molecule has 1 N–H and O–H groups in total. The molecule has 8 heteroatoms. The van der Waals surface area contributed by atoms with Gasteiger partial charge in [-0.2, -0.15) is 0 Å². The molecular weight excluding hydrogens is 466 g/mol. The van der Waals surface area contributed by atoms with E-state index in [1.165, 1.54) is 24.5 Å². The van der Waals surface area contributed by atoms with Crippen LogP contribution in [0, 0.1) is 0 Å². The smallest absolute Gasteiger partial charge is 0.350 e. The number of hydrogen-bond acceptors (Lipinski definition) is 7. The lowest BCUT2D eigenvalue weighted by Crippen LogP contribution is -2.11. The number of amides is 1. The third-order valence-corrected chi connectivity index (χ3v) is 6.33. The minimum Gasteiger partial charge on any atom is -0.496 e. The van der Waals surface area contributed by atoms with Crippen molar-refractivity contribution in [1.29, 1.82) is 0 Å². The summed E-state index contributed by atoms with van der Waals surface area (Å²) in [5.74, 6) is 0.470. The van der Waals surface area contributed by atoms with Crippen molar-refractivity contribution in [3.05, 3.63) is 70.6 Å². The second-order valence-electron chi connectivity index (χ2n) is 7.60. The first-order valence-electron chi connectivity index (χ1n) is 10.9. The average molecular weight is 492 g/mol. The number of esters is 1. The van der Waals surface area contributed by atoms with Gasteiger partial charge < -0.3 is 23.9 Å². The van der Waals surface area contributed by atoms with Gasteiger partial charge in [-0.15, -0.1) is 11.3 Å². The van der Waals surface area contributed by atoms with E-state index in [0.29, 0.717) is 34.1 Å². The Morgan fingerprint density at radius 3 is 2.63 bits per heavy atom. The maximum absolute atomic E-state index is 12.8. The van der Waals surface area contributed by atoms with Crippen LogP contribution in [-0.4, -0.2) is 32.7 Å². The van der Waals surface area contributed by atoms with E-state index in [9.17, 15) is 9.59 Å². The zero-order chi connectivity index (χ0) is 24.9. The molecule has 0 aliphatic carbocycles. The molecule has 0 fully saturated rings. The Balaban J connectivity index is 1.73. The number of thiophene rings is 1. The number of carbonyl (C=O) groups excluding carboxylic acids is 2. The van der Waals surface area contributed by atoms with Gasteiger partial charge in [0.25, 0.3) is 0 Å². The minimum atomic E-state index is -0.496. The minimum absolute atomic E-state index is 0.336. The molecule has 180 valence electrons. The van der Waals surface area contributed by atoms with Crippen LogP contribution >= 0.6 is 11.3 Å². The van der Waals surface area contributed by atoms with Crippen LogP contribution in [0.1, 0.15) is 29.1 Å². The van der Waals surface area contributed by atoms with E-state index in [4.69, 9.17) is 18.6 Å². The largest absolute Gasteiger partial charge is 0.496 e. The van der Waals surface area contributed by atoms with Gasteiger partial charge in [-0.1, -0.05) is 18.2 Å². The van der Waals surface area contributed by atoms with E-state index >= 15 is 0 Å². The Kier molecular flexibility index (Phi) is 7.22. The number of methoxy groups -OCH3 is 2. The summed E-state index contributed by atoms with van der Waals surface area (Å²) in [6.07, 6.45) is 3.17. The fraction of sp³-hybridized carbons (Fsp3) is 0.185. The maximum Gasteiger partial charge on any atom is 0.350 e. The van der Waals surface area contributed by atoms with Crippen LogP contribution in [0.5, 0.6) is 11.5 Å². The van der Waals surface area contributed by atoms with Gasteiger partial charge in [-0.05, 0) is 43.0 Å². The Bertz CT molecular complexity index is 1410. The standard InChI is InChI=1S/C27H25NO6S/c1-5-33-23-14-24-19(20(15-34-24)17-8-6-7-9-22(17)31-3)13-18(23)16(2)12-25(29)28-21-10-11-35-26(21)27(30)32-4/h6-15H,5H2,1-4H3,(H,28,29)/b16-12+. The first-order valence-corrected chi connectivity index (χ1v) is 11.8. The number of anilines is 1. The highest BCUT2D eigenvalue weighted by Gasteiger charge is 2.18. The zero-order valence-electron chi connectivity index (χ0n) is 19.8. The molecule has 2 aromatic carbocycles. The lowest BCUT2D eigenvalue weighted by atomic mass is 9.98. The summed E-state index contributed by atoms with van der Waals surface area (Å²) in [5, 5.41) is 5.35. The number of carbonyl (C=O) groups is 2. The monoisotopic (exact) mass is 491 g/mol. The molecular formula is C27H25NO6S. The second kappa shape index (κ2) is 10.5. The fourth-order valence-corrected chi connectivity index (χ4v) is 4.58. The van der Waals surface area contributed by atoms with Crippen LogP contribution in [-0.2, 0) is 9.53 Å². The first-order chi connectivity index (χ1) is 17.0. The molecule has 0 saturated carbocycles. The van der Waals surface area contributed by atoms with Gasteiger partial charge >= 0.3 is 5.97 Å². The molecule has 4 rings (SSSR count). The number of fused-ring (bicyclic) bond motifs is 1. The molecule has 4 aromatic rings. The van der Waals surface area contributed by atoms with Gasteiger partial charge in [0.15, 0.2) is 0 Å². The predicted molar refractivity (Wildman–Crippen MR) is 137 cm³/mol. The number of nitrogens with one attached hydrogen (secondary N) is 1. The Labute approximate surface area is 206 Å². The highest BCUT2D eigenvalue weighted by molar-refractivity contribution is 7.12. The summed E-state index contributed by atoms with van der Waals surface area (Å²) in [5.41, 5.74) is 4.29. The summed E-state index contributed by atoms with van der Waals surface area (Å²) in [6, 6.07) is 13.2. The highest BCUT2D eigenvalue weighted by atomic mass is 32.1. The molecule has 0 bridgehead atoms. The van der Waals surface area contributed by atoms with Crippen LogP contribution in [0.4, 0.5) is 5.69 Å². The van der Waals surface area contributed by atoms with Gasteiger partial charge in [0.1, 0.15) is 22.0 Å². The lowest BCUT2D eigenvalue weighted by molar-refractivity contribution is -0.111. The van der Waals surface area contributed by atoms with E-state index in [1.54, 1.807) is 24.8 Å². The van der Waals surface area contributed by atoms with Crippen LogP contribution in [0.25, 0.3) is 27.7 Å². The molecule has 0 unspecified atom stereocenters. The van der Waals surface area contributed by atoms with Crippen molar-refractivity contribution >= 4 is 45.4 Å².